The zero-order valence-corrected chi connectivity index (χ0v) is 17.6. The highest BCUT2D eigenvalue weighted by atomic mass is 16.3. The molecule has 1 fully saturated rings. The van der Waals surface area contributed by atoms with Gasteiger partial charge in [0.15, 0.2) is 0 Å². The maximum atomic E-state index is 12.7. The third-order valence-electron chi connectivity index (χ3n) is 5.93. The molecule has 1 saturated heterocycles. The quantitative estimate of drug-likeness (QED) is 0.721. The molecule has 5 heteroatoms. The summed E-state index contributed by atoms with van der Waals surface area (Å²) in [4.78, 5) is 16.8. The first-order valence-corrected chi connectivity index (χ1v) is 10.5. The summed E-state index contributed by atoms with van der Waals surface area (Å²) >= 11 is 0. The highest BCUT2D eigenvalue weighted by Crippen LogP contribution is 2.19. The van der Waals surface area contributed by atoms with Crippen molar-refractivity contribution in [3.63, 3.8) is 0 Å². The van der Waals surface area contributed by atoms with Crippen molar-refractivity contribution in [1.29, 1.82) is 0 Å². The Labute approximate surface area is 174 Å². The highest BCUT2D eigenvalue weighted by Gasteiger charge is 2.29. The van der Waals surface area contributed by atoms with Gasteiger partial charge >= 0.3 is 0 Å². The molecule has 0 unspecified atom stereocenters. The van der Waals surface area contributed by atoms with Gasteiger partial charge in [0.25, 0.3) is 0 Å². The summed E-state index contributed by atoms with van der Waals surface area (Å²) in [5.41, 5.74) is 3.66. The van der Waals surface area contributed by atoms with Crippen LogP contribution in [0, 0.1) is 12.8 Å². The van der Waals surface area contributed by atoms with Crippen LogP contribution in [0.1, 0.15) is 23.1 Å². The van der Waals surface area contributed by atoms with Crippen LogP contribution in [0.3, 0.4) is 0 Å². The number of carbonyl (C=O) groups excluding carboxylic acids is 1. The van der Waals surface area contributed by atoms with Crippen LogP contribution in [0.15, 0.2) is 54.6 Å². The molecule has 0 radical (unpaired) electrons. The highest BCUT2D eigenvalue weighted by molar-refractivity contribution is 5.78. The van der Waals surface area contributed by atoms with Crippen molar-refractivity contribution in [3.8, 4) is 0 Å². The first kappa shape index (κ1) is 21.5. The molecule has 5 nitrogen and oxygen atoms in total. The van der Waals surface area contributed by atoms with E-state index in [-0.39, 0.29) is 24.5 Å². The summed E-state index contributed by atoms with van der Waals surface area (Å²) in [7, 11) is 1.85. The Balaban J connectivity index is 1.52. The Morgan fingerprint density at radius 3 is 2.62 bits per heavy atom. The van der Waals surface area contributed by atoms with Crippen LogP contribution in [0.25, 0.3) is 0 Å². The molecule has 1 aliphatic rings. The number of hydrogen-bond donors (Lipinski definition) is 2. The van der Waals surface area contributed by atoms with Crippen molar-refractivity contribution in [2.75, 3.05) is 33.3 Å². The summed E-state index contributed by atoms with van der Waals surface area (Å²) in [6.45, 7) is 5.85. The molecule has 29 heavy (non-hydrogen) atoms. The molecule has 1 aliphatic heterocycles. The molecule has 2 aromatic rings. The van der Waals surface area contributed by atoms with Crippen molar-refractivity contribution in [2.45, 2.75) is 32.5 Å². The van der Waals surface area contributed by atoms with E-state index in [1.165, 1.54) is 16.7 Å². The molecule has 156 valence electrons. The summed E-state index contributed by atoms with van der Waals surface area (Å²) in [6, 6.07) is 18.7. The van der Waals surface area contributed by atoms with Crippen LogP contribution in [0.4, 0.5) is 0 Å². The monoisotopic (exact) mass is 395 g/mol. The summed E-state index contributed by atoms with van der Waals surface area (Å²) in [6.07, 6.45) is 0.939. The SMILES string of the molecule is Cc1ccccc1CN(C)C(=O)CN[C@@H]1CN(Cc2ccccc2)CC[C@H]1CO. The molecular weight excluding hydrogens is 362 g/mol. The molecule has 1 amide bonds. The van der Waals surface area contributed by atoms with Crippen molar-refractivity contribution in [1.82, 2.24) is 15.1 Å². The van der Waals surface area contributed by atoms with Gasteiger partial charge in [-0.1, -0.05) is 54.6 Å². The molecule has 0 saturated carbocycles. The molecular formula is C24H33N3O2. The van der Waals surface area contributed by atoms with Gasteiger partial charge in [0.1, 0.15) is 0 Å². The number of carbonyl (C=O) groups is 1. The minimum atomic E-state index is 0.0742. The molecule has 2 aromatic carbocycles. The van der Waals surface area contributed by atoms with E-state index in [0.29, 0.717) is 13.1 Å². The Morgan fingerprint density at radius 1 is 1.17 bits per heavy atom. The minimum Gasteiger partial charge on any atom is -0.396 e. The molecule has 3 rings (SSSR count). The van der Waals surface area contributed by atoms with Gasteiger partial charge < -0.3 is 15.3 Å². The molecule has 0 aliphatic carbocycles. The standard InChI is InChI=1S/C24H33N3O2/c1-19-8-6-7-11-21(19)16-26(2)24(29)14-25-23-17-27(13-12-22(23)18-28)15-20-9-4-3-5-10-20/h3-11,22-23,25,28H,12-18H2,1-2H3/t22-,23+/m0/s1. The van der Waals surface area contributed by atoms with Gasteiger partial charge in [-0.25, -0.2) is 0 Å². The fourth-order valence-corrected chi connectivity index (χ4v) is 3.99. The predicted octanol–water partition coefficient (Wildman–Crippen LogP) is 2.43. The number of rotatable bonds is 8. The number of aryl methyl sites for hydroxylation is 1. The van der Waals surface area contributed by atoms with Gasteiger partial charge in [0, 0.05) is 39.3 Å². The van der Waals surface area contributed by atoms with Crippen LogP contribution < -0.4 is 5.32 Å². The van der Waals surface area contributed by atoms with Crippen LogP contribution >= 0.6 is 0 Å². The second-order valence-electron chi connectivity index (χ2n) is 8.12. The van der Waals surface area contributed by atoms with E-state index in [1.807, 2.05) is 25.2 Å². The van der Waals surface area contributed by atoms with E-state index in [4.69, 9.17) is 0 Å². The number of likely N-dealkylation sites (N-methyl/N-ethyl adjacent to an activating group) is 1. The molecule has 0 spiro atoms. The number of aliphatic hydroxyl groups excluding tert-OH is 1. The zero-order valence-electron chi connectivity index (χ0n) is 17.6. The maximum Gasteiger partial charge on any atom is 0.236 e. The van der Waals surface area contributed by atoms with Crippen molar-refractivity contribution in [2.24, 2.45) is 5.92 Å². The first-order valence-electron chi connectivity index (χ1n) is 10.5. The topological polar surface area (TPSA) is 55.8 Å². The molecule has 1 heterocycles. The van der Waals surface area contributed by atoms with E-state index >= 15 is 0 Å². The van der Waals surface area contributed by atoms with Crippen LogP contribution in [-0.4, -0.2) is 60.1 Å². The Bertz CT molecular complexity index is 781. The fourth-order valence-electron chi connectivity index (χ4n) is 3.99. The lowest BCUT2D eigenvalue weighted by molar-refractivity contribution is -0.129. The second-order valence-corrected chi connectivity index (χ2v) is 8.12. The zero-order chi connectivity index (χ0) is 20.6. The van der Waals surface area contributed by atoms with Gasteiger partial charge in [-0.05, 0) is 42.5 Å². The molecule has 0 aromatic heterocycles. The average molecular weight is 396 g/mol. The summed E-state index contributed by atoms with van der Waals surface area (Å²) < 4.78 is 0. The maximum absolute atomic E-state index is 12.7. The number of aliphatic hydroxyl groups is 1. The lowest BCUT2D eigenvalue weighted by atomic mass is 9.92. The van der Waals surface area contributed by atoms with Gasteiger partial charge in [0.05, 0.1) is 6.54 Å². The number of benzene rings is 2. The Hall–Kier alpha value is -2.21. The van der Waals surface area contributed by atoms with Gasteiger partial charge in [-0.3, -0.25) is 9.69 Å². The van der Waals surface area contributed by atoms with E-state index in [0.717, 1.165) is 26.1 Å². The van der Waals surface area contributed by atoms with Gasteiger partial charge in [-0.2, -0.15) is 0 Å². The normalized spacial score (nSPS) is 19.8. The first-order chi connectivity index (χ1) is 14.1. The third-order valence-corrected chi connectivity index (χ3v) is 5.93. The van der Waals surface area contributed by atoms with E-state index < -0.39 is 0 Å². The van der Waals surface area contributed by atoms with E-state index in [2.05, 4.69) is 53.5 Å². The van der Waals surface area contributed by atoms with Crippen molar-refractivity contribution < 1.29 is 9.90 Å². The van der Waals surface area contributed by atoms with Crippen molar-refractivity contribution >= 4 is 5.91 Å². The second kappa shape index (κ2) is 10.5. The van der Waals surface area contributed by atoms with Crippen LogP contribution in [0.2, 0.25) is 0 Å². The largest absolute Gasteiger partial charge is 0.396 e. The van der Waals surface area contributed by atoms with Crippen LogP contribution in [0.5, 0.6) is 0 Å². The predicted molar refractivity (Wildman–Crippen MR) is 116 cm³/mol. The number of hydrogen-bond acceptors (Lipinski definition) is 4. The number of nitrogens with zero attached hydrogens (tertiary/aromatic N) is 2. The number of piperidine rings is 1. The fraction of sp³-hybridized carbons (Fsp3) is 0.458. The lowest BCUT2D eigenvalue weighted by Crippen LogP contribution is -2.53. The summed E-state index contributed by atoms with van der Waals surface area (Å²) in [5.74, 6) is 0.265. The molecule has 0 bridgehead atoms. The van der Waals surface area contributed by atoms with Crippen molar-refractivity contribution in [3.05, 3.63) is 71.3 Å². The number of nitrogens with one attached hydrogen (secondary N) is 1. The van der Waals surface area contributed by atoms with Crippen LogP contribution in [-0.2, 0) is 17.9 Å². The minimum absolute atomic E-state index is 0.0742. The van der Waals surface area contributed by atoms with Gasteiger partial charge in [0.2, 0.25) is 5.91 Å². The van der Waals surface area contributed by atoms with E-state index in [9.17, 15) is 9.90 Å². The Morgan fingerprint density at radius 2 is 1.90 bits per heavy atom. The summed E-state index contributed by atoms with van der Waals surface area (Å²) in [5, 5.41) is 13.2. The number of amides is 1. The smallest absolute Gasteiger partial charge is 0.236 e. The van der Waals surface area contributed by atoms with E-state index in [1.54, 1.807) is 4.90 Å². The van der Waals surface area contributed by atoms with Gasteiger partial charge in [-0.15, -0.1) is 0 Å². The lowest BCUT2D eigenvalue weighted by Gasteiger charge is -2.38. The molecule has 2 atom stereocenters. The Kier molecular flexibility index (Phi) is 7.81. The number of likely N-dealkylation sites (tertiary alicyclic amines) is 1. The third kappa shape index (κ3) is 6.13. The average Bonchev–Trinajstić information content (AvgIpc) is 2.74. The molecule has 2 N–H and O–H groups in total.